The lowest BCUT2D eigenvalue weighted by molar-refractivity contribution is -0.00766. The lowest BCUT2D eigenvalue weighted by atomic mass is 10.1. The summed E-state index contributed by atoms with van der Waals surface area (Å²) in [5.74, 6) is 0. The van der Waals surface area contributed by atoms with E-state index < -0.39 is 9.96 Å². The van der Waals surface area contributed by atoms with Crippen LogP contribution in [0, 0.1) is 0 Å². The Balaban J connectivity index is 3.08. The summed E-state index contributed by atoms with van der Waals surface area (Å²) >= 11 is 6.97. The third-order valence-electron chi connectivity index (χ3n) is 1.49. The van der Waals surface area contributed by atoms with E-state index in [0.29, 0.717) is 0 Å². The van der Waals surface area contributed by atoms with Crippen molar-refractivity contribution in [2.24, 2.45) is 0 Å². The second-order valence-electron chi connectivity index (χ2n) is 2.44. The maximum absolute atomic E-state index is 13.3. The van der Waals surface area contributed by atoms with E-state index in [9.17, 15) is 13.2 Å². The van der Waals surface area contributed by atoms with Crippen molar-refractivity contribution in [1.29, 1.82) is 0 Å². The Hall–Kier alpha value is -0.220. The molecular formula is C8H5BrClF3. The Kier molecular flexibility index (Phi) is 2.92. The van der Waals surface area contributed by atoms with Crippen molar-refractivity contribution in [3.05, 3.63) is 35.9 Å². The number of hydrogen-bond acceptors (Lipinski definition) is 0. The van der Waals surface area contributed by atoms with Crippen molar-refractivity contribution >= 4 is 27.5 Å². The van der Waals surface area contributed by atoms with E-state index in [1.807, 2.05) is 15.9 Å². The fraction of sp³-hybridized carbons (Fsp3) is 0.250. The zero-order chi connectivity index (χ0) is 10.1. The van der Waals surface area contributed by atoms with Gasteiger partial charge in [-0.05, 0) is 15.9 Å². The molecule has 0 radical (unpaired) electrons. The van der Waals surface area contributed by atoms with Crippen molar-refractivity contribution in [3.63, 3.8) is 0 Å². The average Bonchev–Trinajstić information content (AvgIpc) is 2.04. The Bertz CT molecular complexity index is 281. The Morgan fingerprint density at radius 3 is 1.92 bits per heavy atom. The van der Waals surface area contributed by atoms with E-state index >= 15 is 0 Å². The maximum atomic E-state index is 13.3. The van der Waals surface area contributed by atoms with Gasteiger partial charge in [0.25, 0.3) is 5.13 Å². The van der Waals surface area contributed by atoms with Crippen LogP contribution in [0.15, 0.2) is 30.3 Å². The molecule has 1 unspecified atom stereocenters. The molecule has 0 heterocycles. The zero-order valence-corrected chi connectivity index (χ0v) is 8.62. The number of halogens is 5. The van der Waals surface area contributed by atoms with Crippen molar-refractivity contribution < 1.29 is 13.2 Å². The SMILES string of the molecule is FC(F)(Br)C(F)(Cl)c1ccccc1. The van der Waals surface area contributed by atoms with E-state index in [-0.39, 0.29) is 5.56 Å². The lowest BCUT2D eigenvalue weighted by Gasteiger charge is -2.23. The van der Waals surface area contributed by atoms with Crippen LogP contribution in [0.5, 0.6) is 0 Å². The predicted molar refractivity (Wildman–Crippen MR) is 49.0 cm³/mol. The van der Waals surface area contributed by atoms with Crippen LogP contribution in [-0.2, 0) is 5.13 Å². The first-order valence-corrected chi connectivity index (χ1v) is 4.53. The van der Waals surface area contributed by atoms with Crippen LogP contribution >= 0.6 is 27.5 Å². The molecule has 0 amide bonds. The molecule has 0 aromatic heterocycles. The molecule has 72 valence electrons. The van der Waals surface area contributed by atoms with Crippen molar-refractivity contribution in [2.45, 2.75) is 9.96 Å². The summed E-state index contributed by atoms with van der Waals surface area (Å²) < 4.78 is 38.5. The Labute approximate surface area is 86.8 Å². The third-order valence-corrected chi connectivity index (χ3v) is 2.72. The molecule has 5 heteroatoms. The molecule has 0 spiro atoms. The highest BCUT2D eigenvalue weighted by atomic mass is 79.9. The normalized spacial score (nSPS) is 16.7. The highest BCUT2D eigenvalue weighted by Gasteiger charge is 2.53. The molecule has 0 saturated carbocycles. The summed E-state index contributed by atoms with van der Waals surface area (Å²) in [6, 6.07) is 6.85. The molecule has 13 heavy (non-hydrogen) atoms. The van der Waals surface area contributed by atoms with Gasteiger partial charge in [-0.15, -0.1) is 0 Å². The minimum Gasteiger partial charge on any atom is -0.213 e. The quantitative estimate of drug-likeness (QED) is 0.714. The van der Waals surface area contributed by atoms with Crippen LogP contribution in [0.4, 0.5) is 13.2 Å². The van der Waals surface area contributed by atoms with Crippen molar-refractivity contribution in [3.8, 4) is 0 Å². The van der Waals surface area contributed by atoms with Crippen molar-refractivity contribution in [1.82, 2.24) is 0 Å². The second-order valence-corrected chi connectivity index (χ2v) is 3.95. The molecular weight excluding hydrogens is 268 g/mol. The van der Waals surface area contributed by atoms with Crippen LogP contribution in [0.1, 0.15) is 5.56 Å². The molecule has 0 saturated heterocycles. The smallest absolute Gasteiger partial charge is 0.213 e. The molecule has 1 rings (SSSR count). The van der Waals surface area contributed by atoms with Gasteiger partial charge in [0.2, 0.25) is 0 Å². The number of alkyl halides is 5. The van der Waals surface area contributed by atoms with Crippen LogP contribution in [0.2, 0.25) is 0 Å². The van der Waals surface area contributed by atoms with E-state index in [4.69, 9.17) is 11.6 Å². The first-order chi connectivity index (χ1) is 5.86. The summed E-state index contributed by atoms with van der Waals surface area (Å²) in [4.78, 5) is -3.79. The first-order valence-electron chi connectivity index (χ1n) is 3.36. The zero-order valence-electron chi connectivity index (χ0n) is 6.28. The van der Waals surface area contributed by atoms with Gasteiger partial charge in [0.05, 0.1) is 0 Å². The molecule has 0 fully saturated rings. The maximum Gasteiger partial charge on any atom is 0.352 e. The standard InChI is InChI=1S/C8H5BrClF3/c9-8(12,13)7(10,11)6-4-2-1-3-5-6/h1-5H. The minimum absolute atomic E-state index is 0.279. The summed E-state index contributed by atoms with van der Waals surface area (Å²) in [5, 5.41) is -3.21. The fourth-order valence-corrected chi connectivity index (χ4v) is 1.17. The molecule has 0 aliphatic heterocycles. The monoisotopic (exact) mass is 272 g/mol. The van der Waals surface area contributed by atoms with E-state index in [2.05, 4.69) is 0 Å². The molecule has 0 N–H and O–H groups in total. The van der Waals surface area contributed by atoms with Gasteiger partial charge in [-0.2, -0.15) is 8.78 Å². The summed E-state index contributed by atoms with van der Waals surface area (Å²) in [5.41, 5.74) is -0.279. The van der Waals surface area contributed by atoms with Gasteiger partial charge >= 0.3 is 4.83 Å². The first kappa shape index (κ1) is 10.9. The topological polar surface area (TPSA) is 0 Å². The Morgan fingerprint density at radius 2 is 1.54 bits per heavy atom. The van der Waals surface area contributed by atoms with Gasteiger partial charge < -0.3 is 0 Å². The van der Waals surface area contributed by atoms with E-state index in [1.165, 1.54) is 24.3 Å². The largest absolute Gasteiger partial charge is 0.352 e. The molecule has 1 aromatic rings. The molecule has 0 aliphatic rings. The van der Waals surface area contributed by atoms with Gasteiger partial charge in [0.15, 0.2) is 0 Å². The molecule has 0 nitrogen and oxygen atoms in total. The third kappa shape index (κ3) is 2.17. The van der Waals surface area contributed by atoms with Crippen molar-refractivity contribution in [2.75, 3.05) is 0 Å². The van der Waals surface area contributed by atoms with Gasteiger partial charge in [-0.25, -0.2) is 4.39 Å². The Morgan fingerprint density at radius 1 is 1.08 bits per heavy atom. The highest BCUT2D eigenvalue weighted by molar-refractivity contribution is 9.10. The summed E-state index contributed by atoms with van der Waals surface area (Å²) in [6.07, 6.45) is 0. The van der Waals surface area contributed by atoms with E-state index in [1.54, 1.807) is 6.07 Å². The lowest BCUT2D eigenvalue weighted by Crippen LogP contribution is -2.30. The van der Waals surface area contributed by atoms with Crippen LogP contribution in [-0.4, -0.2) is 4.83 Å². The fourth-order valence-electron chi connectivity index (χ4n) is 0.811. The minimum atomic E-state index is -3.79. The highest BCUT2D eigenvalue weighted by Crippen LogP contribution is 2.48. The number of rotatable bonds is 2. The number of hydrogen-bond donors (Lipinski definition) is 0. The van der Waals surface area contributed by atoms with Crippen LogP contribution < -0.4 is 0 Å². The molecule has 0 aliphatic carbocycles. The van der Waals surface area contributed by atoms with Gasteiger partial charge in [-0.1, -0.05) is 41.9 Å². The second kappa shape index (κ2) is 3.50. The predicted octanol–water partition coefficient (Wildman–Crippen LogP) is 4.04. The molecule has 1 aromatic carbocycles. The van der Waals surface area contributed by atoms with Crippen LogP contribution in [0.25, 0.3) is 0 Å². The summed E-state index contributed by atoms with van der Waals surface area (Å²) in [7, 11) is 0. The van der Waals surface area contributed by atoms with Gasteiger partial charge in [0.1, 0.15) is 0 Å². The van der Waals surface area contributed by atoms with Crippen LogP contribution in [0.3, 0.4) is 0 Å². The number of benzene rings is 1. The molecule has 1 atom stereocenters. The average molecular weight is 273 g/mol. The van der Waals surface area contributed by atoms with Gasteiger partial charge in [-0.3, -0.25) is 0 Å². The molecule has 0 bridgehead atoms. The van der Waals surface area contributed by atoms with E-state index in [0.717, 1.165) is 0 Å². The van der Waals surface area contributed by atoms with Gasteiger partial charge in [0, 0.05) is 5.56 Å². The summed E-state index contributed by atoms with van der Waals surface area (Å²) in [6.45, 7) is 0.